The Labute approximate surface area is 118 Å². The maximum Gasteiger partial charge on any atom is 0.0693 e. The lowest BCUT2D eigenvalue weighted by Gasteiger charge is -2.28. The maximum absolute atomic E-state index is 9.59. The maximum atomic E-state index is 9.59. The standard InChI is InChI=1S/C15H19BrN2/c16-13-6-7-14(18-11-13)10-15(12-17)8-4-2-1-3-5-9-15/h6-7,11H,1-5,8-10H2. The van der Waals surface area contributed by atoms with Crippen molar-refractivity contribution in [1.29, 1.82) is 5.26 Å². The SMILES string of the molecule is N#CC1(Cc2ccc(Br)cn2)CCCCCCC1. The fraction of sp³-hybridized carbons (Fsp3) is 0.600. The first-order valence-corrected chi connectivity index (χ1v) is 7.55. The Morgan fingerprint density at radius 2 is 1.83 bits per heavy atom. The van der Waals surface area contributed by atoms with Crippen molar-refractivity contribution in [1.82, 2.24) is 4.98 Å². The van der Waals surface area contributed by atoms with Crippen LogP contribution in [0, 0.1) is 16.7 Å². The summed E-state index contributed by atoms with van der Waals surface area (Å²) in [6.45, 7) is 0. The summed E-state index contributed by atoms with van der Waals surface area (Å²) < 4.78 is 0.995. The molecule has 1 aliphatic carbocycles. The number of nitrogens with zero attached hydrogens (tertiary/aromatic N) is 2. The number of nitriles is 1. The second-order valence-electron chi connectivity index (χ2n) is 5.30. The molecule has 1 aromatic rings. The molecule has 0 N–H and O–H groups in total. The van der Waals surface area contributed by atoms with Crippen LogP contribution in [-0.4, -0.2) is 4.98 Å². The lowest BCUT2D eigenvalue weighted by molar-refractivity contribution is 0.285. The minimum Gasteiger partial charge on any atom is -0.260 e. The highest BCUT2D eigenvalue weighted by Crippen LogP contribution is 2.36. The predicted octanol–water partition coefficient (Wildman–Crippen LogP) is 4.64. The van der Waals surface area contributed by atoms with E-state index in [0.717, 1.165) is 29.4 Å². The van der Waals surface area contributed by atoms with Crippen LogP contribution in [0.25, 0.3) is 0 Å². The lowest BCUT2D eigenvalue weighted by atomic mass is 9.74. The van der Waals surface area contributed by atoms with Gasteiger partial charge in [-0.3, -0.25) is 4.98 Å². The first kappa shape index (κ1) is 13.5. The van der Waals surface area contributed by atoms with E-state index in [-0.39, 0.29) is 5.41 Å². The van der Waals surface area contributed by atoms with Gasteiger partial charge in [0, 0.05) is 22.8 Å². The molecule has 1 aliphatic rings. The van der Waals surface area contributed by atoms with E-state index in [9.17, 15) is 5.26 Å². The summed E-state index contributed by atoms with van der Waals surface area (Å²) in [6, 6.07) is 6.64. The Kier molecular flexibility index (Phi) is 4.77. The third kappa shape index (κ3) is 3.55. The highest BCUT2D eigenvalue weighted by Gasteiger charge is 2.30. The topological polar surface area (TPSA) is 36.7 Å². The van der Waals surface area contributed by atoms with Crippen LogP contribution in [0.5, 0.6) is 0 Å². The van der Waals surface area contributed by atoms with Gasteiger partial charge in [-0.15, -0.1) is 0 Å². The van der Waals surface area contributed by atoms with Crippen molar-refractivity contribution in [2.45, 2.75) is 51.4 Å². The molecule has 96 valence electrons. The molecule has 0 bridgehead atoms. The van der Waals surface area contributed by atoms with Gasteiger partial charge in [0.05, 0.1) is 11.5 Å². The van der Waals surface area contributed by atoms with Crippen LogP contribution in [0.4, 0.5) is 0 Å². The van der Waals surface area contributed by atoms with E-state index in [2.05, 4.69) is 27.0 Å². The average molecular weight is 307 g/mol. The van der Waals surface area contributed by atoms with Crippen molar-refractivity contribution in [3.8, 4) is 6.07 Å². The summed E-state index contributed by atoms with van der Waals surface area (Å²) in [5, 5.41) is 9.59. The van der Waals surface area contributed by atoms with Crippen LogP contribution >= 0.6 is 15.9 Å². The van der Waals surface area contributed by atoms with Crippen molar-refractivity contribution in [2.75, 3.05) is 0 Å². The highest BCUT2D eigenvalue weighted by molar-refractivity contribution is 9.10. The molecule has 0 saturated heterocycles. The third-order valence-electron chi connectivity index (χ3n) is 3.86. The second-order valence-corrected chi connectivity index (χ2v) is 6.22. The van der Waals surface area contributed by atoms with Gasteiger partial charge in [0.15, 0.2) is 0 Å². The van der Waals surface area contributed by atoms with E-state index >= 15 is 0 Å². The normalized spacial score (nSPS) is 19.6. The predicted molar refractivity (Wildman–Crippen MR) is 76.0 cm³/mol. The molecular formula is C15H19BrN2. The van der Waals surface area contributed by atoms with Gasteiger partial charge in [0.2, 0.25) is 0 Å². The van der Waals surface area contributed by atoms with Crippen molar-refractivity contribution in [2.24, 2.45) is 5.41 Å². The average Bonchev–Trinajstić information content (AvgIpc) is 2.36. The molecule has 1 aromatic heterocycles. The van der Waals surface area contributed by atoms with Gasteiger partial charge in [-0.25, -0.2) is 0 Å². The Balaban J connectivity index is 2.11. The van der Waals surface area contributed by atoms with E-state index in [4.69, 9.17) is 0 Å². The highest BCUT2D eigenvalue weighted by atomic mass is 79.9. The molecule has 0 unspecified atom stereocenters. The number of hydrogen-bond acceptors (Lipinski definition) is 2. The summed E-state index contributed by atoms with van der Waals surface area (Å²) in [7, 11) is 0. The fourth-order valence-corrected chi connectivity index (χ4v) is 3.00. The molecular weight excluding hydrogens is 288 g/mol. The molecule has 18 heavy (non-hydrogen) atoms. The van der Waals surface area contributed by atoms with E-state index < -0.39 is 0 Å². The van der Waals surface area contributed by atoms with E-state index in [1.807, 2.05) is 18.3 Å². The first-order chi connectivity index (χ1) is 8.74. The molecule has 1 heterocycles. The molecule has 1 fully saturated rings. The van der Waals surface area contributed by atoms with Gasteiger partial charge in [-0.05, 0) is 40.9 Å². The smallest absolute Gasteiger partial charge is 0.0693 e. The number of pyridine rings is 1. The van der Waals surface area contributed by atoms with Crippen LogP contribution in [-0.2, 0) is 6.42 Å². The van der Waals surface area contributed by atoms with E-state index in [1.54, 1.807) is 0 Å². The Morgan fingerprint density at radius 1 is 1.17 bits per heavy atom. The number of halogens is 1. The van der Waals surface area contributed by atoms with Gasteiger partial charge in [-0.2, -0.15) is 5.26 Å². The van der Waals surface area contributed by atoms with E-state index in [1.165, 1.54) is 32.1 Å². The van der Waals surface area contributed by atoms with Crippen molar-refractivity contribution in [3.63, 3.8) is 0 Å². The lowest BCUT2D eigenvalue weighted by Crippen LogP contribution is -2.23. The van der Waals surface area contributed by atoms with Gasteiger partial charge in [0.1, 0.15) is 0 Å². The van der Waals surface area contributed by atoms with Crippen molar-refractivity contribution in [3.05, 3.63) is 28.5 Å². The summed E-state index contributed by atoms with van der Waals surface area (Å²) >= 11 is 3.40. The minimum absolute atomic E-state index is 0.179. The Bertz CT molecular complexity index is 411. The van der Waals surface area contributed by atoms with E-state index in [0.29, 0.717) is 0 Å². The summed E-state index contributed by atoms with van der Waals surface area (Å²) in [4.78, 5) is 4.42. The first-order valence-electron chi connectivity index (χ1n) is 6.76. The Morgan fingerprint density at radius 3 is 2.39 bits per heavy atom. The zero-order valence-electron chi connectivity index (χ0n) is 10.7. The molecule has 0 aromatic carbocycles. The van der Waals surface area contributed by atoms with Gasteiger partial charge >= 0.3 is 0 Å². The summed E-state index contributed by atoms with van der Waals surface area (Å²) in [5.74, 6) is 0. The van der Waals surface area contributed by atoms with Crippen LogP contribution in [0.3, 0.4) is 0 Å². The number of hydrogen-bond donors (Lipinski definition) is 0. The molecule has 0 amide bonds. The van der Waals surface area contributed by atoms with Crippen LogP contribution < -0.4 is 0 Å². The molecule has 0 aliphatic heterocycles. The molecule has 3 heteroatoms. The van der Waals surface area contributed by atoms with Crippen molar-refractivity contribution >= 4 is 15.9 Å². The zero-order chi connectivity index (χ0) is 12.8. The van der Waals surface area contributed by atoms with Crippen LogP contribution in [0.15, 0.2) is 22.8 Å². The second kappa shape index (κ2) is 6.33. The van der Waals surface area contributed by atoms with Crippen molar-refractivity contribution < 1.29 is 0 Å². The summed E-state index contributed by atoms with van der Waals surface area (Å²) in [6.07, 6.45) is 10.9. The summed E-state index contributed by atoms with van der Waals surface area (Å²) in [5.41, 5.74) is 0.863. The molecule has 1 saturated carbocycles. The molecule has 0 atom stereocenters. The van der Waals surface area contributed by atoms with Gasteiger partial charge in [0.25, 0.3) is 0 Å². The fourth-order valence-electron chi connectivity index (χ4n) is 2.77. The van der Waals surface area contributed by atoms with Gasteiger partial charge in [-0.1, -0.05) is 32.1 Å². The third-order valence-corrected chi connectivity index (χ3v) is 4.33. The molecule has 0 radical (unpaired) electrons. The zero-order valence-corrected chi connectivity index (χ0v) is 12.2. The molecule has 2 nitrogen and oxygen atoms in total. The monoisotopic (exact) mass is 306 g/mol. The number of aromatic nitrogens is 1. The Hall–Kier alpha value is -0.880. The largest absolute Gasteiger partial charge is 0.260 e. The molecule has 0 spiro atoms. The molecule has 2 rings (SSSR count). The minimum atomic E-state index is -0.179. The van der Waals surface area contributed by atoms with Crippen LogP contribution in [0.1, 0.15) is 50.6 Å². The van der Waals surface area contributed by atoms with Gasteiger partial charge < -0.3 is 0 Å². The van der Waals surface area contributed by atoms with Crippen LogP contribution in [0.2, 0.25) is 0 Å². The number of rotatable bonds is 2. The quantitative estimate of drug-likeness (QED) is 0.798.